The Labute approximate surface area is 114 Å². The molecule has 1 aliphatic carbocycles. The summed E-state index contributed by atoms with van der Waals surface area (Å²) in [6.45, 7) is 2.53. The highest BCUT2D eigenvalue weighted by Gasteiger charge is 2.32. The Bertz CT molecular complexity index is 455. The van der Waals surface area contributed by atoms with E-state index in [1.807, 2.05) is 25.1 Å². The Hall–Kier alpha value is -1.71. The van der Waals surface area contributed by atoms with Crippen LogP contribution >= 0.6 is 0 Å². The summed E-state index contributed by atoms with van der Waals surface area (Å²) in [5.74, 6) is 2.23. The number of rotatable bonds is 6. The van der Waals surface area contributed by atoms with E-state index in [0.29, 0.717) is 24.0 Å². The minimum atomic E-state index is 0.125. The fourth-order valence-corrected chi connectivity index (χ4v) is 2.15. The lowest BCUT2D eigenvalue weighted by molar-refractivity contribution is -0.125. The molecule has 1 aliphatic rings. The molecule has 1 amide bonds. The van der Waals surface area contributed by atoms with Crippen molar-refractivity contribution in [2.24, 2.45) is 11.8 Å². The number of carbonyl (C=O) groups excluding carboxylic acids is 1. The number of hydrogen-bond acceptors (Lipinski definition) is 3. The Morgan fingerprint density at radius 3 is 2.58 bits per heavy atom. The second kappa shape index (κ2) is 5.95. The van der Waals surface area contributed by atoms with E-state index in [4.69, 9.17) is 9.47 Å². The van der Waals surface area contributed by atoms with Crippen LogP contribution in [0.15, 0.2) is 18.2 Å². The van der Waals surface area contributed by atoms with E-state index in [1.165, 1.54) is 12.8 Å². The van der Waals surface area contributed by atoms with Crippen LogP contribution in [0.5, 0.6) is 11.5 Å². The first kappa shape index (κ1) is 13.7. The van der Waals surface area contributed by atoms with E-state index >= 15 is 0 Å². The average molecular weight is 263 g/mol. The normalized spacial score (nSPS) is 15.7. The van der Waals surface area contributed by atoms with Crippen LogP contribution in [0, 0.1) is 11.8 Å². The Kier molecular flexibility index (Phi) is 4.30. The molecule has 0 heterocycles. The lowest BCUT2D eigenvalue weighted by atomic mass is 10.1. The minimum absolute atomic E-state index is 0.125. The molecule has 19 heavy (non-hydrogen) atoms. The Morgan fingerprint density at radius 1 is 1.32 bits per heavy atom. The molecule has 1 fully saturated rings. The predicted molar refractivity (Wildman–Crippen MR) is 73.3 cm³/mol. The smallest absolute Gasteiger partial charge is 0.223 e. The molecule has 1 N–H and O–H groups in total. The third kappa shape index (κ3) is 3.40. The number of ether oxygens (including phenoxy) is 2. The summed E-state index contributed by atoms with van der Waals surface area (Å²) in [6, 6.07) is 5.68. The van der Waals surface area contributed by atoms with Crippen molar-refractivity contribution in [2.75, 3.05) is 14.2 Å². The third-order valence-electron chi connectivity index (χ3n) is 3.66. The van der Waals surface area contributed by atoms with Crippen LogP contribution in [0.1, 0.15) is 25.3 Å². The molecule has 2 rings (SSSR count). The first-order valence-corrected chi connectivity index (χ1v) is 6.64. The molecule has 0 spiro atoms. The van der Waals surface area contributed by atoms with Crippen LogP contribution in [-0.4, -0.2) is 20.1 Å². The quantitative estimate of drug-likeness (QED) is 0.857. The van der Waals surface area contributed by atoms with Crippen LogP contribution in [0.25, 0.3) is 0 Å². The molecule has 104 valence electrons. The van der Waals surface area contributed by atoms with Crippen molar-refractivity contribution in [3.63, 3.8) is 0 Å². The molecular weight excluding hydrogens is 242 g/mol. The van der Waals surface area contributed by atoms with Gasteiger partial charge in [0.05, 0.1) is 14.2 Å². The Morgan fingerprint density at radius 2 is 2.00 bits per heavy atom. The topological polar surface area (TPSA) is 47.6 Å². The monoisotopic (exact) mass is 263 g/mol. The largest absolute Gasteiger partial charge is 0.493 e. The minimum Gasteiger partial charge on any atom is -0.493 e. The fourth-order valence-electron chi connectivity index (χ4n) is 2.15. The van der Waals surface area contributed by atoms with E-state index in [2.05, 4.69) is 5.32 Å². The molecule has 1 saturated carbocycles. The number of hydrogen-bond donors (Lipinski definition) is 1. The molecular formula is C15H21NO3. The van der Waals surface area contributed by atoms with Crippen molar-refractivity contribution in [3.05, 3.63) is 23.8 Å². The first-order valence-electron chi connectivity index (χ1n) is 6.64. The van der Waals surface area contributed by atoms with Gasteiger partial charge >= 0.3 is 0 Å². The molecule has 0 bridgehead atoms. The molecule has 4 heteroatoms. The van der Waals surface area contributed by atoms with Gasteiger partial charge in [0.2, 0.25) is 5.91 Å². The zero-order valence-electron chi connectivity index (χ0n) is 11.7. The lowest BCUT2D eigenvalue weighted by Crippen LogP contribution is -2.29. The van der Waals surface area contributed by atoms with Gasteiger partial charge in [0.15, 0.2) is 11.5 Å². The molecule has 0 radical (unpaired) electrons. The van der Waals surface area contributed by atoms with Gasteiger partial charge in [-0.25, -0.2) is 0 Å². The zero-order chi connectivity index (χ0) is 13.8. The van der Waals surface area contributed by atoms with Crippen LogP contribution in [0.2, 0.25) is 0 Å². The fraction of sp³-hybridized carbons (Fsp3) is 0.533. The van der Waals surface area contributed by atoms with Crippen molar-refractivity contribution in [2.45, 2.75) is 26.3 Å². The van der Waals surface area contributed by atoms with Crippen LogP contribution in [0.4, 0.5) is 0 Å². The summed E-state index contributed by atoms with van der Waals surface area (Å²) < 4.78 is 10.4. The van der Waals surface area contributed by atoms with Crippen LogP contribution < -0.4 is 14.8 Å². The standard InChI is InChI=1S/C15H21NO3/c1-10(12-5-6-12)15(17)16-9-11-4-7-13(18-2)14(8-11)19-3/h4,7-8,10,12H,5-6,9H2,1-3H3,(H,16,17). The lowest BCUT2D eigenvalue weighted by Gasteiger charge is -2.13. The molecule has 1 aromatic rings. The third-order valence-corrected chi connectivity index (χ3v) is 3.66. The van der Waals surface area contributed by atoms with Gasteiger partial charge < -0.3 is 14.8 Å². The summed E-state index contributed by atoms with van der Waals surface area (Å²) in [7, 11) is 3.21. The number of carbonyl (C=O) groups is 1. The maximum atomic E-state index is 11.9. The summed E-state index contributed by atoms with van der Waals surface area (Å²) in [5, 5.41) is 2.97. The molecule has 1 aromatic carbocycles. The van der Waals surface area contributed by atoms with E-state index in [9.17, 15) is 4.79 Å². The summed E-state index contributed by atoms with van der Waals surface area (Å²) in [6.07, 6.45) is 2.37. The summed E-state index contributed by atoms with van der Waals surface area (Å²) in [5.41, 5.74) is 1.01. The average Bonchev–Trinajstić information content (AvgIpc) is 3.28. The van der Waals surface area contributed by atoms with Crippen molar-refractivity contribution in [3.8, 4) is 11.5 Å². The van der Waals surface area contributed by atoms with E-state index in [-0.39, 0.29) is 11.8 Å². The predicted octanol–water partition coefficient (Wildman–Crippen LogP) is 2.37. The second-order valence-electron chi connectivity index (χ2n) is 5.03. The van der Waals surface area contributed by atoms with Crippen molar-refractivity contribution < 1.29 is 14.3 Å². The van der Waals surface area contributed by atoms with Gasteiger partial charge in [0, 0.05) is 12.5 Å². The van der Waals surface area contributed by atoms with Crippen LogP contribution in [0.3, 0.4) is 0 Å². The van der Waals surface area contributed by atoms with Gasteiger partial charge in [0.1, 0.15) is 0 Å². The number of nitrogens with one attached hydrogen (secondary N) is 1. The molecule has 0 aliphatic heterocycles. The van der Waals surface area contributed by atoms with Gasteiger partial charge in [-0.3, -0.25) is 4.79 Å². The molecule has 4 nitrogen and oxygen atoms in total. The highest BCUT2D eigenvalue weighted by Crippen LogP contribution is 2.36. The van der Waals surface area contributed by atoms with Gasteiger partial charge in [-0.15, -0.1) is 0 Å². The maximum Gasteiger partial charge on any atom is 0.223 e. The molecule has 1 unspecified atom stereocenters. The second-order valence-corrected chi connectivity index (χ2v) is 5.03. The van der Waals surface area contributed by atoms with Crippen molar-refractivity contribution >= 4 is 5.91 Å². The highest BCUT2D eigenvalue weighted by molar-refractivity contribution is 5.78. The van der Waals surface area contributed by atoms with Crippen molar-refractivity contribution in [1.82, 2.24) is 5.32 Å². The SMILES string of the molecule is COc1ccc(CNC(=O)C(C)C2CC2)cc1OC. The number of methoxy groups -OCH3 is 2. The van der Waals surface area contributed by atoms with E-state index in [1.54, 1.807) is 14.2 Å². The summed E-state index contributed by atoms with van der Waals surface area (Å²) >= 11 is 0. The van der Waals surface area contributed by atoms with Crippen molar-refractivity contribution in [1.29, 1.82) is 0 Å². The van der Waals surface area contributed by atoms with E-state index in [0.717, 1.165) is 5.56 Å². The van der Waals surface area contributed by atoms with Crippen LogP contribution in [-0.2, 0) is 11.3 Å². The Balaban J connectivity index is 1.93. The zero-order valence-corrected chi connectivity index (χ0v) is 11.7. The first-order chi connectivity index (χ1) is 9.15. The molecule has 1 atom stereocenters. The van der Waals surface area contributed by atoms with Gasteiger partial charge in [0.25, 0.3) is 0 Å². The number of benzene rings is 1. The number of amides is 1. The molecule has 0 aromatic heterocycles. The summed E-state index contributed by atoms with van der Waals surface area (Å²) in [4.78, 5) is 11.9. The maximum absolute atomic E-state index is 11.9. The van der Waals surface area contributed by atoms with Gasteiger partial charge in [-0.1, -0.05) is 13.0 Å². The van der Waals surface area contributed by atoms with Gasteiger partial charge in [-0.05, 0) is 36.5 Å². The van der Waals surface area contributed by atoms with Gasteiger partial charge in [-0.2, -0.15) is 0 Å². The molecule has 0 saturated heterocycles. The van der Waals surface area contributed by atoms with E-state index < -0.39 is 0 Å². The highest BCUT2D eigenvalue weighted by atomic mass is 16.5.